The third kappa shape index (κ3) is 20.6. The summed E-state index contributed by atoms with van der Waals surface area (Å²) in [6.07, 6.45) is 13.6. The lowest BCUT2D eigenvalue weighted by molar-refractivity contribution is -0.265. The third-order valence-electron chi connectivity index (χ3n) is 19.0. The molecular weight excluding hydrogens is 1270 g/mol. The number of amides is 1. The first-order valence-corrected chi connectivity index (χ1v) is 34.8. The van der Waals surface area contributed by atoms with Crippen molar-refractivity contribution in [2.24, 2.45) is 35.5 Å². The minimum Gasteiger partial charge on any atom is -0.460 e. The molecule has 2 bridgehead atoms. The van der Waals surface area contributed by atoms with Crippen molar-refractivity contribution in [1.82, 2.24) is 9.80 Å². The number of rotatable bonds is 6. The summed E-state index contributed by atoms with van der Waals surface area (Å²) in [6, 6.07) is 16.6. The smallest absolute Gasteiger partial charge is 0.329 e. The molecule has 0 spiro atoms. The summed E-state index contributed by atoms with van der Waals surface area (Å²) in [4.78, 5) is 77.0. The second-order valence-corrected chi connectivity index (χ2v) is 29.9. The van der Waals surface area contributed by atoms with Crippen LogP contribution in [0.15, 0.2) is 111 Å². The van der Waals surface area contributed by atoms with Crippen LogP contribution in [0.4, 0.5) is 0 Å². The van der Waals surface area contributed by atoms with Crippen molar-refractivity contribution in [3.05, 3.63) is 113 Å². The molecule has 6 aliphatic rings. The van der Waals surface area contributed by atoms with Gasteiger partial charge in [-0.15, -0.1) is 0 Å². The maximum Gasteiger partial charge on any atom is 0.329 e. The molecule has 498 valence electrons. The van der Waals surface area contributed by atoms with Crippen LogP contribution in [0, 0.1) is 35.5 Å². The average Bonchev–Trinajstić information content (AvgIpc) is 0.799. The molecule has 2 aromatic rings. The number of hydrogen-bond acceptors (Lipinski definition) is 15. The van der Waals surface area contributed by atoms with E-state index in [-0.39, 0.29) is 54.8 Å². The van der Waals surface area contributed by atoms with E-state index in [1.807, 2.05) is 69.8 Å². The number of Topliss-reactive ketones (excluding diaryl/α,β-unsaturated/α-hetero) is 3. The number of ketones is 3. The Labute approximate surface area is 557 Å². The number of cyclic esters (lactones) is 1. The topological polar surface area (TPSA) is 199 Å². The van der Waals surface area contributed by atoms with E-state index in [1.165, 1.54) is 64.4 Å². The quantitative estimate of drug-likeness (QED) is 0.0911. The van der Waals surface area contributed by atoms with Gasteiger partial charge in [0.05, 0.1) is 24.4 Å². The van der Waals surface area contributed by atoms with E-state index in [4.69, 9.17) is 46.9 Å². The summed E-state index contributed by atoms with van der Waals surface area (Å²) in [5.41, 5.74) is 7.27. The van der Waals surface area contributed by atoms with Gasteiger partial charge in [0.25, 0.3) is 11.7 Å². The molecule has 15 atom stereocenters. The number of methoxy groups -OCH3 is 3. The first-order chi connectivity index (χ1) is 42.8. The average molecular weight is 1370 g/mol. The van der Waals surface area contributed by atoms with E-state index in [9.17, 15) is 39.3 Å². The van der Waals surface area contributed by atoms with Gasteiger partial charge in [0.2, 0.25) is 5.79 Å². The largest absolute Gasteiger partial charge is 0.460 e. The first-order valence-electron chi connectivity index (χ1n) is 32.2. The zero-order valence-electron chi connectivity index (χ0n) is 54.6. The third-order valence-corrected chi connectivity index (χ3v) is 20.1. The minimum absolute atomic E-state index is 0.0193. The highest BCUT2D eigenvalue weighted by molar-refractivity contribution is 9.10. The number of allylic oxidation sites excluding steroid dienone is 6. The van der Waals surface area contributed by atoms with Gasteiger partial charge >= 0.3 is 5.97 Å². The summed E-state index contributed by atoms with van der Waals surface area (Å²) in [5, 5.41) is 33.8. The van der Waals surface area contributed by atoms with Gasteiger partial charge < -0.3 is 48.8 Å². The molecule has 15 nitrogen and oxygen atoms in total. The number of likely N-dealkylation sites (tertiary alicyclic amines) is 1. The molecule has 0 aromatic heterocycles. The molecule has 2 aromatic carbocycles. The van der Waals surface area contributed by atoms with Crippen molar-refractivity contribution in [1.29, 1.82) is 0 Å². The summed E-state index contributed by atoms with van der Waals surface area (Å²) in [7, 11) is 6.74. The van der Waals surface area contributed by atoms with Crippen LogP contribution in [0.1, 0.15) is 149 Å². The molecule has 1 saturated carbocycles. The predicted molar refractivity (Wildman–Crippen MR) is 359 cm³/mol. The number of carbonyl (C=O) groups excluding carboxylic acids is 5. The molecule has 4 fully saturated rings. The molecule has 3 N–H and O–H groups in total. The fourth-order valence-electron chi connectivity index (χ4n) is 13.4. The second kappa shape index (κ2) is 36.2. The number of nitrogens with zero attached hydrogens (tertiary/aromatic N) is 2. The Hall–Kier alpha value is -3.82. The Morgan fingerprint density at radius 3 is 2.06 bits per heavy atom. The van der Waals surface area contributed by atoms with Crippen LogP contribution in [-0.2, 0) is 47.7 Å². The van der Waals surface area contributed by atoms with Gasteiger partial charge in [-0.05, 0) is 156 Å². The number of halogens is 3. The van der Waals surface area contributed by atoms with Crippen molar-refractivity contribution < 1.29 is 63.0 Å². The van der Waals surface area contributed by atoms with Crippen LogP contribution in [-0.4, -0.2) is 161 Å². The van der Waals surface area contributed by atoms with E-state index in [0.29, 0.717) is 63.4 Å². The molecule has 0 radical (unpaired) electrons. The maximum absolute atomic E-state index is 14.4. The zero-order valence-corrected chi connectivity index (χ0v) is 58.5. The van der Waals surface area contributed by atoms with E-state index >= 15 is 0 Å². The number of alkyl halides is 3. The Morgan fingerprint density at radius 2 is 1.43 bits per heavy atom. The van der Waals surface area contributed by atoms with Crippen LogP contribution in [0.5, 0.6) is 0 Å². The molecule has 0 unspecified atom stereocenters. The van der Waals surface area contributed by atoms with Crippen LogP contribution < -0.4 is 0 Å². The van der Waals surface area contributed by atoms with Crippen molar-refractivity contribution >= 4 is 85.7 Å². The van der Waals surface area contributed by atoms with Crippen molar-refractivity contribution in [3.63, 3.8) is 0 Å². The number of piperidine rings is 2. The Kier molecular flexibility index (Phi) is 30.2. The van der Waals surface area contributed by atoms with Crippen LogP contribution in [0.2, 0.25) is 0 Å². The van der Waals surface area contributed by atoms with Gasteiger partial charge in [0.1, 0.15) is 30.1 Å². The number of hydrogen-bond donors (Lipinski definition) is 3. The van der Waals surface area contributed by atoms with Crippen LogP contribution >= 0.6 is 50.9 Å². The normalized spacial score (nSPS) is 33.9. The van der Waals surface area contributed by atoms with E-state index < -0.39 is 87.6 Å². The lowest BCUT2D eigenvalue weighted by Crippen LogP contribution is -2.61. The van der Waals surface area contributed by atoms with Crippen molar-refractivity contribution in [2.45, 2.75) is 206 Å². The number of esters is 1. The molecule has 8 rings (SSSR count). The van der Waals surface area contributed by atoms with Gasteiger partial charge in [-0.1, -0.05) is 164 Å². The number of fused-ring (bicyclic) bond motifs is 5. The summed E-state index contributed by atoms with van der Waals surface area (Å²) in [5.74, 6) is -7.96. The summed E-state index contributed by atoms with van der Waals surface area (Å²) < 4.78 is 29.0. The number of carbonyl (C=O) groups is 5. The Morgan fingerprint density at radius 1 is 0.789 bits per heavy atom. The van der Waals surface area contributed by atoms with E-state index in [2.05, 4.69) is 76.4 Å². The lowest BCUT2D eigenvalue weighted by Gasteiger charge is -2.42. The molecule has 5 aliphatic heterocycles. The molecule has 90 heavy (non-hydrogen) atoms. The van der Waals surface area contributed by atoms with Gasteiger partial charge in [-0.25, -0.2) is 4.79 Å². The molecule has 1 aliphatic carbocycles. The first kappa shape index (κ1) is 75.2. The Balaban J connectivity index is 0.000000421. The highest BCUT2D eigenvalue weighted by Gasteiger charge is 2.53. The van der Waals surface area contributed by atoms with Crippen LogP contribution in [0.25, 0.3) is 5.57 Å². The fourth-order valence-corrected chi connectivity index (χ4v) is 14.5. The SMILES string of the molecule is CN1CCC(=C2c3ccccc3Sc3ccccc32)CC1.CO[C@H]1C[C@@H]2CC[C@@H](C)[C@@](O)(O2)C(=O)C(=O)N2CCCC[C@H]2C(=O)O[C@H]([C@H](C)C[C@@H]2CC[C@@H](O)[C@H](OC)C2)CC(=O)[C@H](C)/C=C(\C)[C@@H](O)[C@@H](OC)C(=O)[C@H](C)C[C@H](C)/C=C/C=C/C=C/1C.ClC(Cl)Br. The van der Waals surface area contributed by atoms with Crippen molar-refractivity contribution in [2.75, 3.05) is 48.0 Å². The number of aliphatic hydroxyl groups is 3. The Bertz CT molecular complexity index is 2840. The highest BCUT2D eigenvalue weighted by atomic mass is 79.9. The molecular formula is C71H99BrCl2N2O13S. The summed E-state index contributed by atoms with van der Waals surface area (Å²) in [6.45, 7) is 15.1. The van der Waals surface area contributed by atoms with Gasteiger partial charge in [-0.3, -0.25) is 19.2 Å². The summed E-state index contributed by atoms with van der Waals surface area (Å²) >= 11 is 14.6. The monoisotopic (exact) mass is 1370 g/mol. The fraction of sp³-hybridized carbons (Fsp3) is 0.620. The number of aliphatic hydroxyl groups excluding tert-OH is 2. The number of benzene rings is 2. The van der Waals surface area contributed by atoms with E-state index in [0.717, 1.165) is 12.0 Å². The lowest BCUT2D eigenvalue weighted by atomic mass is 9.78. The number of ether oxygens (including phenoxy) is 5. The van der Waals surface area contributed by atoms with Crippen LogP contribution in [0.3, 0.4) is 0 Å². The molecule has 5 heterocycles. The molecule has 19 heteroatoms. The minimum atomic E-state index is -2.43. The maximum atomic E-state index is 14.4. The zero-order chi connectivity index (χ0) is 66.0. The predicted octanol–water partition coefficient (Wildman–Crippen LogP) is 13.0. The van der Waals surface area contributed by atoms with E-state index in [1.54, 1.807) is 46.6 Å². The van der Waals surface area contributed by atoms with Gasteiger partial charge in [0.15, 0.2) is 9.53 Å². The second-order valence-electron chi connectivity index (χ2n) is 25.7. The van der Waals surface area contributed by atoms with Crippen molar-refractivity contribution in [3.8, 4) is 0 Å². The molecule has 1 amide bonds. The van der Waals surface area contributed by atoms with Gasteiger partial charge in [0, 0.05) is 81.3 Å². The van der Waals surface area contributed by atoms with Gasteiger partial charge in [-0.2, -0.15) is 0 Å². The highest BCUT2D eigenvalue weighted by Crippen LogP contribution is 2.48. The standard InChI is InChI=1S/C51H79NO13.C19H19NS.CHBrCl2/c1-30-16-12-11-13-17-31(2)42(61-8)28-38-21-19-36(7)51(60,65-38)48(57)49(58)52-23-15-14-18-39(52)50(59)64-43(33(4)26-37-20-22-40(53)44(27-37)62-9)29-41(54)32(3)25-35(6)46(56)47(63-10)45(55)34(5)24-30;1-20-12-10-14(11-13-20)19-15-6-2-4-8-17(15)21-18-9-5-3-7-16(18)19;2-1(3)4/h11-13,16-17,25,30,32-34,36-40,42-44,46-47,53,56,60H,14-15,18-24,26-29H2,1-10H3;2-9H,10-13H2,1H3;1H/b13-11+,16-12+,31-17+,35-25+;;/t30-,32-,33-,34-,36-,37+,38+,39+,40-,42+,43+,44-,46-,47+,51-;;/m1../s1. The molecule has 3 saturated heterocycles.